The Kier molecular flexibility index (Phi) is 3.47. The fourth-order valence-corrected chi connectivity index (χ4v) is 3.68. The van der Waals surface area contributed by atoms with Gasteiger partial charge in [-0.3, -0.25) is 4.79 Å². The molecule has 1 saturated heterocycles. The molecule has 19 heavy (non-hydrogen) atoms. The number of carbonyl (C=O) groups excluding carboxylic acids is 1. The van der Waals surface area contributed by atoms with Gasteiger partial charge in [-0.25, -0.2) is 0 Å². The van der Waals surface area contributed by atoms with E-state index in [1.54, 1.807) is 0 Å². The molecule has 2 aromatic carbocycles. The molecule has 1 unspecified atom stereocenters. The van der Waals surface area contributed by atoms with E-state index in [0.29, 0.717) is 11.8 Å². The molecule has 1 aliphatic rings. The van der Waals surface area contributed by atoms with Gasteiger partial charge in [0, 0.05) is 12.3 Å². The molecule has 0 radical (unpaired) electrons. The van der Waals surface area contributed by atoms with Crippen molar-refractivity contribution in [1.82, 2.24) is 4.90 Å². The maximum Gasteiger partial charge on any atom is 0.227 e. The van der Waals surface area contributed by atoms with E-state index in [1.807, 2.05) is 34.9 Å². The van der Waals surface area contributed by atoms with Crippen LogP contribution in [0.15, 0.2) is 42.5 Å². The van der Waals surface area contributed by atoms with E-state index in [1.165, 1.54) is 10.8 Å². The number of benzene rings is 2. The van der Waals surface area contributed by atoms with Gasteiger partial charge in [0.1, 0.15) is 0 Å². The molecule has 98 valence electrons. The topological polar surface area (TPSA) is 20.3 Å². The molecule has 0 saturated carbocycles. The minimum atomic E-state index is 0.244. The van der Waals surface area contributed by atoms with E-state index in [0.717, 1.165) is 17.9 Å². The third kappa shape index (κ3) is 2.47. The van der Waals surface area contributed by atoms with Crippen LogP contribution in [0.3, 0.4) is 0 Å². The van der Waals surface area contributed by atoms with Crippen LogP contribution in [0.2, 0.25) is 0 Å². The minimum Gasteiger partial charge on any atom is -0.330 e. The van der Waals surface area contributed by atoms with Crippen LogP contribution in [-0.2, 0) is 11.2 Å². The average molecular weight is 271 g/mol. The predicted molar refractivity (Wildman–Crippen MR) is 81.3 cm³/mol. The number of rotatable bonds is 2. The number of amides is 1. The number of fused-ring (bicyclic) bond motifs is 1. The zero-order chi connectivity index (χ0) is 13.2. The fraction of sp³-hybridized carbons (Fsp3) is 0.312. The quantitative estimate of drug-likeness (QED) is 0.835. The van der Waals surface area contributed by atoms with Crippen molar-refractivity contribution in [1.29, 1.82) is 0 Å². The second-order valence-electron chi connectivity index (χ2n) is 4.87. The van der Waals surface area contributed by atoms with Crippen LogP contribution in [0, 0.1) is 0 Å². The van der Waals surface area contributed by atoms with Gasteiger partial charge in [-0.2, -0.15) is 0 Å². The van der Waals surface area contributed by atoms with Crippen molar-refractivity contribution >= 4 is 28.4 Å². The summed E-state index contributed by atoms with van der Waals surface area (Å²) in [6.07, 6.45) is 0.506. The van der Waals surface area contributed by atoms with Crippen LogP contribution < -0.4 is 0 Å². The SMILES string of the molecule is CC1SCCN1C(=O)Cc1cccc2ccccc12. The molecule has 2 nitrogen and oxygen atoms in total. The highest BCUT2D eigenvalue weighted by Gasteiger charge is 2.25. The highest BCUT2D eigenvalue weighted by Crippen LogP contribution is 2.25. The highest BCUT2D eigenvalue weighted by atomic mass is 32.2. The zero-order valence-electron chi connectivity index (χ0n) is 11.0. The molecule has 3 heteroatoms. The molecule has 1 fully saturated rings. The number of hydrogen-bond acceptors (Lipinski definition) is 2. The molecule has 2 aromatic rings. The molecule has 3 rings (SSSR count). The van der Waals surface area contributed by atoms with E-state index < -0.39 is 0 Å². The summed E-state index contributed by atoms with van der Waals surface area (Å²) in [6.45, 7) is 2.99. The zero-order valence-corrected chi connectivity index (χ0v) is 11.8. The molecule has 0 bridgehead atoms. The van der Waals surface area contributed by atoms with Crippen LogP contribution in [0.1, 0.15) is 12.5 Å². The second kappa shape index (κ2) is 5.25. The van der Waals surface area contributed by atoms with Crippen LogP contribution in [0.25, 0.3) is 10.8 Å². The van der Waals surface area contributed by atoms with Gasteiger partial charge in [-0.15, -0.1) is 11.8 Å². The molecule has 1 atom stereocenters. The lowest BCUT2D eigenvalue weighted by molar-refractivity contribution is -0.130. The summed E-state index contributed by atoms with van der Waals surface area (Å²) in [7, 11) is 0. The summed E-state index contributed by atoms with van der Waals surface area (Å²) in [5, 5.41) is 2.72. The van der Waals surface area contributed by atoms with Crippen LogP contribution in [-0.4, -0.2) is 28.5 Å². The molecule has 0 N–H and O–H groups in total. The van der Waals surface area contributed by atoms with Crippen LogP contribution >= 0.6 is 11.8 Å². The number of carbonyl (C=O) groups is 1. The Balaban J connectivity index is 1.87. The van der Waals surface area contributed by atoms with Crippen LogP contribution in [0.5, 0.6) is 0 Å². The lowest BCUT2D eigenvalue weighted by Gasteiger charge is -2.20. The molecular weight excluding hydrogens is 254 g/mol. The van der Waals surface area contributed by atoms with E-state index in [4.69, 9.17) is 0 Å². The monoisotopic (exact) mass is 271 g/mol. The Morgan fingerprint density at radius 2 is 2.05 bits per heavy atom. The summed E-state index contributed by atoms with van der Waals surface area (Å²) < 4.78 is 0. The first-order valence-corrected chi connectivity index (χ1v) is 7.68. The molecule has 1 heterocycles. The van der Waals surface area contributed by atoms with Gasteiger partial charge in [0.05, 0.1) is 11.8 Å². The van der Waals surface area contributed by atoms with Gasteiger partial charge in [0.15, 0.2) is 0 Å². The van der Waals surface area contributed by atoms with Gasteiger partial charge < -0.3 is 4.90 Å². The summed E-state index contributed by atoms with van der Waals surface area (Å²) in [6, 6.07) is 14.5. The summed E-state index contributed by atoms with van der Waals surface area (Å²) in [5.41, 5.74) is 1.13. The van der Waals surface area contributed by atoms with Gasteiger partial charge in [0.2, 0.25) is 5.91 Å². The summed E-state index contributed by atoms with van der Waals surface area (Å²) in [5.74, 6) is 1.30. The first kappa shape index (κ1) is 12.5. The fourth-order valence-electron chi connectivity index (χ4n) is 2.63. The summed E-state index contributed by atoms with van der Waals surface area (Å²) in [4.78, 5) is 14.4. The molecule has 0 spiro atoms. The normalized spacial score (nSPS) is 19.0. The largest absolute Gasteiger partial charge is 0.330 e. The molecule has 1 aliphatic heterocycles. The minimum absolute atomic E-state index is 0.244. The van der Waals surface area contributed by atoms with Crippen molar-refractivity contribution < 1.29 is 4.79 Å². The van der Waals surface area contributed by atoms with Crippen molar-refractivity contribution in [3.8, 4) is 0 Å². The number of thioether (sulfide) groups is 1. The summed E-state index contributed by atoms with van der Waals surface area (Å²) >= 11 is 1.85. The Labute approximate surface area is 117 Å². The van der Waals surface area contributed by atoms with Gasteiger partial charge >= 0.3 is 0 Å². The van der Waals surface area contributed by atoms with E-state index in [-0.39, 0.29) is 5.91 Å². The molecule has 1 amide bonds. The number of nitrogens with zero attached hydrogens (tertiary/aromatic N) is 1. The van der Waals surface area contributed by atoms with Crippen molar-refractivity contribution in [2.45, 2.75) is 18.7 Å². The molecule has 0 aromatic heterocycles. The predicted octanol–water partition coefficient (Wildman–Crippen LogP) is 3.30. The van der Waals surface area contributed by atoms with E-state index in [9.17, 15) is 4.79 Å². The van der Waals surface area contributed by atoms with Crippen LogP contribution in [0.4, 0.5) is 0 Å². The average Bonchev–Trinajstić information content (AvgIpc) is 2.85. The molecular formula is C16H17NOS. The third-order valence-corrected chi connectivity index (χ3v) is 4.83. The van der Waals surface area contributed by atoms with Crippen molar-refractivity contribution in [3.63, 3.8) is 0 Å². The van der Waals surface area contributed by atoms with Crippen molar-refractivity contribution in [3.05, 3.63) is 48.0 Å². The van der Waals surface area contributed by atoms with Gasteiger partial charge in [-0.1, -0.05) is 42.5 Å². The van der Waals surface area contributed by atoms with E-state index in [2.05, 4.69) is 31.2 Å². The first-order valence-electron chi connectivity index (χ1n) is 6.63. The van der Waals surface area contributed by atoms with Gasteiger partial charge in [-0.05, 0) is 23.3 Å². The molecule has 0 aliphatic carbocycles. The Morgan fingerprint density at radius 1 is 1.26 bits per heavy atom. The number of hydrogen-bond donors (Lipinski definition) is 0. The van der Waals surface area contributed by atoms with Crippen molar-refractivity contribution in [2.24, 2.45) is 0 Å². The Bertz CT molecular complexity index is 605. The van der Waals surface area contributed by atoms with Gasteiger partial charge in [0.25, 0.3) is 0 Å². The Hall–Kier alpha value is -1.48. The first-order chi connectivity index (χ1) is 9.25. The maximum absolute atomic E-state index is 12.4. The smallest absolute Gasteiger partial charge is 0.227 e. The lowest BCUT2D eigenvalue weighted by Crippen LogP contribution is -2.34. The maximum atomic E-state index is 12.4. The second-order valence-corrected chi connectivity index (χ2v) is 6.30. The third-order valence-electron chi connectivity index (χ3n) is 3.67. The standard InChI is InChI=1S/C16H17NOS/c1-12-17(9-10-19-12)16(18)11-14-7-4-6-13-5-2-3-8-15(13)14/h2-8,12H,9-11H2,1H3. The Morgan fingerprint density at radius 3 is 2.84 bits per heavy atom. The van der Waals surface area contributed by atoms with Crippen molar-refractivity contribution in [2.75, 3.05) is 12.3 Å². The van der Waals surface area contributed by atoms with E-state index >= 15 is 0 Å². The lowest BCUT2D eigenvalue weighted by atomic mass is 10.0. The highest BCUT2D eigenvalue weighted by molar-refractivity contribution is 8.00.